The molecule has 0 spiro atoms. The first-order valence-electron chi connectivity index (χ1n) is 4.62. The Hall–Kier alpha value is -0.120. The molecular weight excluding hydrogens is 154 g/mol. The highest BCUT2D eigenvalue weighted by atomic mass is 16.5. The van der Waals surface area contributed by atoms with Crippen LogP contribution in [0.5, 0.6) is 0 Å². The van der Waals surface area contributed by atoms with Crippen molar-refractivity contribution in [1.82, 2.24) is 5.32 Å². The van der Waals surface area contributed by atoms with Gasteiger partial charge in [0.05, 0.1) is 19.8 Å². The zero-order valence-electron chi connectivity index (χ0n) is 8.01. The summed E-state index contributed by atoms with van der Waals surface area (Å²) in [5.74, 6) is 0.859. The van der Waals surface area contributed by atoms with Crippen molar-refractivity contribution in [3.8, 4) is 0 Å². The van der Waals surface area contributed by atoms with Gasteiger partial charge in [0.2, 0.25) is 0 Å². The maximum Gasteiger partial charge on any atom is 0.0701 e. The Morgan fingerprint density at radius 3 is 2.67 bits per heavy atom. The molecule has 1 aliphatic rings. The van der Waals surface area contributed by atoms with Crippen LogP contribution in [-0.2, 0) is 9.47 Å². The van der Waals surface area contributed by atoms with Crippen LogP contribution in [0.4, 0.5) is 0 Å². The Balaban J connectivity index is 1.95. The summed E-state index contributed by atoms with van der Waals surface area (Å²) in [5.41, 5.74) is 0. The van der Waals surface area contributed by atoms with Crippen molar-refractivity contribution >= 4 is 0 Å². The van der Waals surface area contributed by atoms with E-state index in [1.54, 1.807) is 7.11 Å². The Kier molecular flexibility index (Phi) is 4.58. The summed E-state index contributed by atoms with van der Waals surface area (Å²) >= 11 is 0. The monoisotopic (exact) mass is 173 g/mol. The van der Waals surface area contributed by atoms with E-state index >= 15 is 0 Å². The third kappa shape index (κ3) is 3.52. The highest BCUT2D eigenvalue weighted by Gasteiger charge is 2.29. The van der Waals surface area contributed by atoms with Crippen molar-refractivity contribution in [2.45, 2.75) is 18.9 Å². The molecule has 1 fully saturated rings. The molecule has 1 saturated carbocycles. The van der Waals surface area contributed by atoms with E-state index in [9.17, 15) is 0 Å². The van der Waals surface area contributed by atoms with Gasteiger partial charge in [-0.2, -0.15) is 0 Å². The first-order valence-corrected chi connectivity index (χ1v) is 4.62. The minimum atomic E-state index is 0.557. The summed E-state index contributed by atoms with van der Waals surface area (Å²) in [6, 6.07) is 0.557. The molecule has 72 valence electrons. The summed E-state index contributed by atoms with van der Waals surface area (Å²) < 4.78 is 10.3. The lowest BCUT2D eigenvalue weighted by molar-refractivity contribution is 0.0567. The molecule has 0 aromatic rings. The maximum absolute atomic E-state index is 5.44. The molecule has 1 N–H and O–H groups in total. The SMILES string of the molecule is CNC(COCCOC)C1CC1. The normalized spacial score (nSPS) is 19.5. The molecule has 1 aliphatic carbocycles. The Morgan fingerprint density at radius 1 is 1.42 bits per heavy atom. The minimum absolute atomic E-state index is 0.557. The Morgan fingerprint density at radius 2 is 2.17 bits per heavy atom. The Labute approximate surface area is 74.4 Å². The van der Waals surface area contributed by atoms with Crippen LogP contribution in [0.15, 0.2) is 0 Å². The summed E-state index contributed by atoms with van der Waals surface area (Å²) in [7, 11) is 3.70. The van der Waals surface area contributed by atoms with Gasteiger partial charge in [0.25, 0.3) is 0 Å². The van der Waals surface area contributed by atoms with Crippen LogP contribution in [0.25, 0.3) is 0 Å². The van der Waals surface area contributed by atoms with Crippen molar-refractivity contribution < 1.29 is 9.47 Å². The first-order chi connectivity index (χ1) is 5.88. The van der Waals surface area contributed by atoms with E-state index < -0.39 is 0 Å². The van der Waals surface area contributed by atoms with Crippen molar-refractivity contribution in [3.05, 3.63) is 0 Å². The minimum Gasteiger partial charge on any atom is -0.382 e. The lowest BCUT2D eigenvalue weighted by Gasteiger charge is -2.14. The molecule has 0 saturated heterocycles. The molecule has 0 aromatic heterocycles. The van der Waals surface area contributed by atoms with Gasteiger partial charge in [0, 0.05) is 13.2 Å². The summed E-state index contributed by atoms with van der Waals surface area (Å²) in [6.45, 7) is 2.23. The molecule has 1 atom stereocenters. The first kappa shape index (κ1) is 9.96. The van der Waals surface area contributed by atoms with Crippen molar-refractivity contribution in [1.29, 1.82) is 0 Å². The third-order valence-corrected chi connectivity index (χ3v) is 2.29. The van der Waals surface area contributed by atoms with E-state index in [1.165, 1.54) is 12.8 Å². The number of rotatable bonds is 7. The molecular formula is C9H19NO2. The fourth-order valence-electron chi connectivity index (χ4n) is 1.31. The van der Waals surface area contributed by atoms with Crippen molar-refractivity contribution in [2.24, 2.45) is 5.92 Å². The van der Waals surface area contributed by atoms with Crippen LogP contribution in [0, 0.1) is 5.92 Å². The van der Waals surface area contributed by atoms with Crippen LogP contribution < -0.4 is 5.32 Å². The highest BCUT2D eigenvalue weighted by molar-refractivity contribution is 4.85. The maximum atomic E-state index is 5.44. The molecule has 0 amide bonds. The van der Waals surface area contributed by atoms with Gasteiger partial charge in [-0.25, -0.2) is 0 Å². The molecule has 0 radical (unpaired) electrons. The van der Waals surface area contributed by atoms with Gasteiger partial charge in [-0.05, 0) is 25.8 Å². The van der Waals surface area contributed by atoms with Crippen molar-refractivity contribution in [3.63, 3.8) is 0 Å². The molecule has 1 rings (SSSR count). The predicted octanol–water partition coefficient (Wildman–Crippen LogP) is 0.647. The molecule has 0 aliphatic heterocycles. The average molecular weight is 173 g/mol. The van der Waals surface area contributed by atoms with Gasteiger partial charge in [-0.15, -0.1) is 0 Å². The number of ether oxygens (including phenoxy) is 2. The third-order valence-electron chi connectivity index (χ3n) is 2.29. The standard InChI is InChI=1S/C9H19NO2/c1-10-9(8-3-4-8)7-12-6-5-11-2/h8-10H,3-7H2,1-2H3. The fourth-order valence-corrected chi connectivity index (χ4v) is 1.31. The van der Waals surface area contributed by atoms with Gasteiger partial charge < -0.3 is 14.8 Å². The molecule has 3 heteroatoms. The van der Waals surface area contributed by atoms with Crippen LogP contribution in [0.2, 0.25) is 0 Å². The molecule has 3 nitrogen and oxygen atoms in total. The second kappa shape index (κ2) is 5.51. The van der Waals surface area contributed by atoms with E-state index in [0.29, 0.717) is 19.3 Å². The van der Waals surface area contributed by atoms with E-state index in [1.807, 2.05) is 7.05 Å². The molecule has 12 heavy (non-hydrogen) atoms. The lowest BCUT2D eigenvalue weighted by atomic mass is 10.2. The highest BCUT2D eigenvalue weighted by Crippen LogP contribution is 2.32. The van der Waals surface area contributed by atoms with Crippen molar-refractivity contribution in [2.75, 3.05) is 34.0 Å². The molecule has 0 aromatic carbocycles. The summed E-state index contributed by atoms with van der Waals surface area (Å²) in [4.78, 5) is 0. The van der Waals surface area contributed by atoms with Gasteiger partial charge in [-0.1, -0.05) is 0 Å². The second-order valence-electron chi connectivity index (χ2n) is 3.30. The molecule has 0 heterocycles. The topological polar surface area (TPSA) is 30.5 Å². The van der Waals surface area contributed by atoms with Gasteiger partial charge in [0.15, 0.2) is 0 Å². The van der Waals surface area contributed by atoms with Crippen LogP contribution in [-0.4, -0.2) is 40.0 Å². The van der Waals surface area contributed by atoms with Crippen LogP contribution in [0.3, 0.4) is 0 Å². The summed E-state index contributed by atoms with van der Waals surface area (Å²) in [6.07, 6.45) is 2.72. The number of methoxy groups -OCH3 is 1. The summed E-state index contributed by atoms with van der Waals surface area (Å²) in [5, 5.41) is 3.28. The van der Waals surface area contributed by atoms with Gasteiger partial charge >= 0.3 is 0 Å². The van der Waals surface area contributed by atoms with Gasteiger partial charge in [-0.3, -0.25) is 0 Å². The van der Waals surface area contributed by atoms with Crippen LogP contribution >= 0.6 is 0 Å². The zero-order chi connectivity index (χ0) is 8.81. The van der Waals surface area contributed by atoms with E-state index in [2.05, 4.69) is 5.32 Å². The second-order valence-corrected chi connectivity index (χ2v) is 3.30. The average Bonchev–Trinajstić information content (AvgIpc) is 2.88. The number of hydrogen-bond donors (Lipinski definition) is 1. The quantitative estimate of drug-likeness (QED) is 0.573. The number of likely N-dealkylation sites (N-methyl/N-ethyl adjacent to an activating group) is 1. The van der Waals surface area contributed by atoms with E-state index in [0.717, 1.165) is 12.5 Å². The fraction of sp³-hybridized carbons (Fsp3) is 1.00. The van der Waals surface area contributed by atoms with Crippen LogP contribution in [0.1, 0.15) is 12.8 Å². The zero-order valence-corrected chi connectivity index (χ0v) is 8.01. The largest absolute Gasteiger partial charge is 0.382 e. The number of nitrogens with one attached hydrogen (secondary N) is 1. The molecule has 0 bridgehead atoms. The lowest BCUT2D eigenvalue weighted by Crippen LogP contribution is -2.32. The number of hydrogen-bond acceptors (Lipinski definition) is 3. The smallest absolute Gasteiger partial charge is 0.0701 e. The Bertz CT molecular complexity index is 115. The van der Waals surface area contributed by atoms with Gasteiger partial charge in [0.1, 0.15) is 0 Å². The molecule has 1 unspecified atom stereocenters. The van der Waals surface area contributed by atoms with E-state index in [4.69, 9.17) is 9.47 Å². The van der Waals surface area contributed by atoms with E-state index in [-0.39, 0.29) is 0 Å². The predicted molar refractivity (Wildman–Crippen MR) is 48.3 cm³/mol.